The number of halogens is 1. The number of carbonyl (C=O) groups is 1. The summed E-state index contributed by atoms with van der Waals surface area (Å²) in [7, 11) is 0. The van der Waals surface area contributed by atoms with Gasteiger partial charge in [0.25, 0.3) is 0 Å². The minimum absolute atomic E-state index is 0.00226. The maximum atomic E-state index is 13.0. The van der Waals surface area contributed by atoms with Gasteiger partial charge in [0.1, 0.15) is 11.3 Å². The third-order valence-corrected chi connectivity index (χ3v) is 3.25. The Hall–Kier alpha value is -2.76. The van der Waals surface area contributed by atoms with E-state index in [1.165, 1.54) is 12.1 Å². The van der Waals surface area contributed by atoms with Crippen LogP contribution in [0.3, 0.4) is 0 Å². The Bertz CT molecular complexity index is 796. The van der Waals surface area contributed by atoms with Gasteiger partial charge in [-0.2, -0.15) is 0 Å². The van der Waals surface area contributed by atoms with Crippen LogP contribution in [0.25, 0.3) is 22.4 Å². The molecule has 0 aliphatic carbocycles. The highest BCUT2D eigenvalue weighted by molar-refractivity contribution is 5.85. The van der Waals surface area contributed by atoms with Crippen LogP contribution in [0, 0.1) is 5.82 Å². The Balaban J connectivity index is 2.13. The topological polar surface area (TPSA) is 78.9 Å². The van der Waals surface area contributed by atoms with E-state index in [0.29, 0.717) is 17.6 Å². The molecule has 0 spiro atoms. The largest absolute Gasteiger partial charge is 0.481 e. The Labute approximate surface area is 119 Å². The van der Waals surface area contributed by atoms with Gasteiger partial charge in [0.15, 0.2) is 5.65 Å². The van der Waals surface area contributed by atoms with Crippen LogP contribution >= 0.6 is 0 Å². The standard InChI is InChI=1S/C15H12FN3O2/c16-10-3-1-9(2-4-10)13-11(5-6-12(20)21)14-15(19-13)18-8-7-17-14/h1-4,7-8H,5-6H2,(H,18,19)(H,20,21). The number of aryl methyl sites for hydroxylation is 1. The average Bonchev–Trinajstić information content (AvgIpc) is 2.84. The number of aliphatic carboxylic acids is 1. The predicted molar refractivity (Wildman–Crippen MR) is 75.2 cm³/mol. The number of carboxylic acid groups (broad SMARTS) is 1. The lowest BCUT2D eigenvalue weighted by Gasteiger charge is -2.03. The number of aromatic nitrogens is 3. The molecular formula is C15H12FN3O2. The molecule has 0 unspecified atom stereocenters. The van der Waals surface area contributed by atoms with Crippen molar-refractivity contribution < 1.29 is 14.3 Å². The second-order valence-electron chi connectivity index (χ2n) is 4.63. The number of nitrogens with zero attached hydrogens (tertiary/aromatic N) is 2. The van der Waals surface area contributed by atoms with Gasteiger partial charge in [-0.05, 0) is 36.2 Å². The van der Waals surface area contributed by atoms with E-state index in [1.807, 2.05) is 0 Å². The average molecular weight is 285 g/mol. The number of benzene rings is 1. The van der Waals surface area contributed by atoms with Crippen molar-refractivity contribution in [3.8, 4) is 11.3 Å². The molecule has 6 heteroatoms. The van der Waals surface area contributed by atoms with Gasteiger partial charge in [-0.3, -0.25) is 9.78 Å². The maximum absolute atomic E-state index is 13.0. The summed E-state index contributed by atoms with van der Waals surface area (Å²) in [6, 6.07) is 6.01. The van der Waals surface area contributed by atoms with Gasteiger partial charge in [0.2, 0.25) is 0 Å². The third-order valence-electron chi connectivity index (χ3n) is 3.25. The third kappa shape index (κ3) is 2.60. The minimum Gasteiger partial charge on any atom is -0.481 e. The monoisotopic (exact) mass is 285 g/mol. The van der Waals surface area contributed by atoms with E-state index in [2.05, 4.69) is 15.0 Å². The van der Waals surface area contributed by atoms with Crippen LogP contribution in [0.15, 0.2) is 36.7 Å². The number of fused-ring (bicyclic) bond motifs is 1. The number of hydrogen-bond acceptors (Lipinski definition) is 3. The van der Waals surface area contributed by atoms with Crippen molar-refractivity contribution in [2.45, 2.75) is 12.8 Å². The molecule has 0 atom stereocenters. The number of carboxylic acids is 1. The molecule has 3 rings (SSSR count). The Kier molecular flexibility index (Phi) is 3.35. The first-order chi connectivity index (χ1) is 10.1. The highest BCUT2D eigenvalue weighted by atomic mass is 19.1. The predicted octanol–water partition coefficient (Wildman–Crippen LogP) is 2.78. The molecule has 0 aliphatic rings. The van der Waals surface area contributed by atoms with E-state index in [1.54, 1.807) is 24.5 Å². The summed E-state index contributed by atoms with van der Waals surface area (Å²) in [6.07, 6.45) is 3.46. The van der Waals surface area contributed by atoms with Crippen molar-refractivity contribution >= 4 is 17.1 Å². The van der Waals surface area contributed by atoms with Gasteiger partial charge in [0, 0.05) is 24.4 Å². The molecule has 2 aromatic heterocycles. The molecule has 0 fully saturated rings. The minimum atomic E-state index is -0.877. The SMILES string of the molecule is O=C(O)CCc1c(-c2ccc(F)cc2)[nH]c2nccnc12. The first-order valence-corrected chi connectivity index (χ1v) is 6.44. The van der Waals surface area contributed by atoms with E-state index in [9.17, 15) is 9.18 Å². The lowest BCUT2D eigenvalue weighted by atomic mass is 10.0. The molecule has 1 aromatic carbocycles. The van der Waals surface area contributed by atoms with E-state index < -0.39 is 5.97 Å². The van der Waals surface area contributed by atoms with Crippen molar-refractivity contribution in [1.82, 2.24) is 15.0 Å². The summed E-state index contributed by atoms with van der Waals surface area (Å²) in [5.74, 6) is -1.20. The molecule has 2 N–H and O–H groups in total. The van der Waals surface area contributed by atoms with Gasteiger partial charge in [0.05, 0.1) is 5.69 Å². The first kappa shape index (κ1) is 13.2. The highest BCUT2D eigenvalue weighted by Gasteiger charge is 2.15. The number of nitrogens with one attached hydrogen (secondary N) is 1. The maximum Gasteiger partial charge on any atom is 0.303 e. The first-order valence-electron chi connectivity index (χ1n) is 6.44. The summed E-state index contributed by atoms with van der Waals surface area (Å²) in [4.78, 5) is 22.4. The van der Waals surface area contributed by atoms with Crippen LogP contribution in [0.1, 0.15) is 12.0 Å². The van der Waals surface area contributed by atoms with E-state index in [4.69, 9.17) is 5.11 Å². The molecule has 0 radical (unpaired) electrons. The van der Waals surface area contributed by atoms with Crippen molar-refractivity contribution in [2.24, 2.45) is 0 Å². The summed E-state index contributed by atoms with van der Waals surface area (Å²) in [5.41, 5.74) is 3.54. The zero-order chi connectivity index (χ0) is 14.8. The number of hydrogen-bond donors (Lipinski definition) is 2. The number of rotatable bonds is 4. The number of H-pyrrole nitrogens is 1. The van der Waals surface area contributed by atoms with Crippen LogP contribution in [0.5, 0.6) is 0 Å². The molecule has 3 aromatic rings. The molecule has 2 heterocycles. The Morgan fingerprint density at radius 2 is 1.90 bits per heavy atom. The van der Waals surface area contributed by atoms with Crippen molar-refractivity contribution in [3.05, 3.63) is 48.0 Å². The Morgan fingerprint density at radius 1 is 1.19 bits per heavy atom. The Morgan fingerprint density at radius 3 is 2.62 bits per heavy atom. The second kappa shape index (κ2) is 5.32. The summed E-state index contributed by atoms with van der Waals surface area (Å²) >= 11 is 0. The highest BCUT2D eigenvalue weighted by Crippen LogP contribution is 2.29. The van der Waals surface area contributed by atoms with Gasteiger partial charge in [-0.15, -0.1) is 0 Å². The smallest absolute Gasteiger partial charge is 0.303 e. The van der Waals surface area contributed by atoms with Gasteiger partial charge < -0.3 is 10.1 Å². The summed E-state index contributed by atoms with van der Waals surface area (Å²) in [5, 5.41) is 8.89. The quantitative estimate of drug-likeness (QED) is 0.772. The molecule has 0 aliphatic heterocycles. The lowest BCUT2D eigenvalue weighted by molar-refractivity contribution is -0.136. The molecule has 21 heavy (non-hydrogen) atoms. The fraction of sp³-hybridized carbons (Fsp3) is 0.133. The number of aromatic amines is 1. The van der Waals surface area contributed by atoms with E-state index in [-0.39, 0.29) is 12.2 Å². The summed E-state index contributed by atoms with van der Waals surface area (Å²) in [6.45, 7) is 0. The van der Waals surface area contributed by atoms with Crippen LogP contribution in [0.4, 0.5) is 4.39 Å². The second-order valence-corrected chi connectivity index (χ2v) is 4.63. The van der Waals surface area contributed by atoms with Gasteiger partial charge in [-0.25, -0.2) is 9.37 Å². The molecule has 0 amide bonds. The van der Waals surface area contributed by atoms with Crippen molar-refractivity contribution in [3.63, 3.8) is 0 Å². The van der Waals surface area contributed by atoms with Crippen molar-refractivity contribution in [2.75, 3.05) is 0 Å². The molecule has 0 saturated carbocycles. The fourth-order valence-corrected chi connectivity index (χ4v) is 2.30. The molecule has 0 bridgehead atoms. The lowest BCUT2D eigenvalue weighted by Crippen LogP contribution is -1.98. The van der Waals surface area contributed by atoms with Gasteiger partial charge >= 0.3 is 5.97 Å². The van der Waals surface area contributed by atoms with E-state index in [0.717, 1.165) is 16.8 Å². The molecule has 106 valence electrons. The fourth-order valence-electron chi connectivity index (χ4n) is 2.30. The van der Waals surface area contributed by atoms with Gasteiger partial charge in [-0.1, -0.05) is 0 Å². The van der Waals surface area contributed by atoms with Crippen LogP contribution < -0.4 is 0 Å². The molecule has 0 saturated heterocycles. The zero-order valence-electron chi connectivity index (χ0n) is 11.0. The molecular weight excluding hydrogens is 273 g/mol. The van der Waals surface area contributed by atoms with Crippen LogP contribution in [-0.2, 0) is 11.2 Å². The normalized spacial score (nSPS) is 10.9. The van der Waals surface area contributed by atoms with Crippen LogP contribution in [0.2, 0.25) is 0 Å². The molecule has 5 nitrogen and oxygen atoms in total. The zero-order valence-corrected chi connectivity index (χ0v) is 11.0. The van der Waals surface area contributed by atoms with E-state index >= 15 is 0 Å². The summed E-state index contributed by atoms with van der Waals surface area (Å²) < 4.78 is 13.0. The van der Waals surface area contributed by atoms with Crippen LogP contribution in [-0.4, -0.2) is 26.0 Å². The van der Waals surface area contributed by atoms with Crippen molar-refractivity contribution in [1.29, 1.82) is 0 Å².